The number of hydrogen-bond donors (Lipinski definition) is 1. The molecule has 0 amide bonds. The summed E-state index contributed by atoms with van der Waals surface area (Å²) in [5, 5.41) is 3.15. The van der Waals surface area contributed by atoms with Gasteiger partial charge in [0, 0.05) is 19.4 Å². The average Bonchev–Trinajstić information content (AvgIpc) is 2.42. The molecule has 0 fully saturated rings. The van der Waals surface area contributed by atoms with Gasteiger partial charge in [-0.2, -0.15) is 0 Å². The average molecular weight is 176 g/mol. The van der Waals surface area contributed by atoms with Crippen LogP contribution in [0.5, 0.6) is 0 Å². The molecule has 1 N–H and O–H groups in total. The molecule has 0 unspecified atom stereocenters. The highest BCUT2D eigenvalue weighted by Gasteiger charge is 2.08. The predicted molar refractivity (Wildman–Crippen MR) is 56.4 cm³/mol. The minimum absolute atomic E-state index is 0.671. The Kier molecular flexibility index (Phi) is 4.11. The summed E-state index contributed by atoms with van der Waals surface area (Å²) in [5.74, 6) is 7.65. The van der Waals surface area contributed by atoms with E-state index in [0.29, 0.717) is 11.7 Å². The van der Waals surface area contributed by atoms with Crippen LogP contribution in [0.4, 0.5) is 0 Å². The number of nitrogens with zero attached hydrogens (tertiary/aromatic N) is 1. The van der Waals surface area contributed by atoms with Gasteiger partial charge in [-0.15, -0.1) is 11.8 Å². The third-order valence-corrected chi connectivity index (χ3v) is 2.27. The van der Waals surface area contributed by atoms with E-state index in [1.54, 1.807) is 0 Å². The lowest BCUT2D eigenvalue weighted by molar-refractivity contribution is 0.450. The number of aliphatic imine (C=N–C) groups is 1. The Morgan fingerprint density at radius 1 is 1.38 bits per heavy atom. The van der Waals surface area contributed by atoms with E-state index in [2.05, 4.69) is 35.4 Å². The molecule has 0 bridgehead atoms. The highest BCUT2D eigenvalue weighted by atomic mass is 15.0. The molecular formula is C11H16N2. The molecular weight excluding hydrogens is 160 g/mol. The molecule has 2 heteroatoms. The Bertz CT molecular complexity index is 233. The molecule has 0 heterocycles. The number of nitrogens with one attached hydrogen (secondary N) is 1. The normalized spacial score (nSPS) is 16.6. The van der Waals surface area contributed by atoms with Gasteiger partial charge in [0.15, 0.2) is 0 Å². The molecule has 0 saturated carbocycles. The molecule has 0 radical (unpaired) electrons. The standard InChI is InChI=1S/C11H16N2/c1-10(12-2)13-9-11-7-5-3-4-6-8-11/h11,13H,1-2,5-9H2. The van der Waals surface area contributed by atoms with Crippen LogP contribution in [-0.4, -0.2) is 13.3 Å². The van der Waals surface area contributed by atoms with Gasteiger partial charge in [-0.05, 0) is 25.5 Å². The van der Waals surface area contributed by atoms with E-state index in [-0.39, 0.29) is 0 Å². The van der Waals surface area contributed by atoms with Crippen molar-refractivity contribution in [2.45, 2.75) is 25.7 Å². The Morgan fingerprint density at radius 3 is 2.54 bits per heavy atom. The van der Waals surface area contributed by atoms with Gasteiger partial charge in [0.2, 0.25) is 0 Å². The quantitative estimate of drug-likeness (QED) is 0.514. The van der Waals surface area contributed by atoms with Crippen LogP contribution in [0.1, 0.15) is 25.7 Å². The van der Waals surface area contributed by atoms with E-state index < -0.39 is 0 Å². The van der Waals surface area contributed by atoms with Crippen molar-refractivity contribution in [2.24, 2.45) is 10.9 Å². The minimum atomic E-state index is 0.671. The van der Waals surface area contributed by atoms with E-state index in [0.717, 1.165) is 19.4 Å². The molecule has 0 aromatic rings. The summed E-state index contributed by atoms with van der Waals surface area (Å²) >= 11 is 0. The zero-order chi connectivity index (χ0) is 9.52. The van der Waals surface area contributed by atoms with E-state index in [4.69, 9.17) is 0 Å². The van der Waals surface area contributed by atoms with Crippen LogP contribution in [0, 0.1) is 17.8 Å². The van der Waals surface area contributed by atoms with Crippen molar-refractivity contribution >= 4 is 6.72 Å². The molecule has 0 saturated heterocycles. The molecule has 1 aliphatic rings. The highest BCUT2D eigenvalue weighted by Crippen LogP contribution is 2.14. The van der Waals surface area contributed by atoms with Crippen molar-refractivity contribution in [3.8, 4) is 11.8 Å². The van der Waals surface area contributed by atoms with E-state index >= 15 is 0 Å². The van der Waals surface area contributed by atoms with E-state index in [9.17, 15) is 0 Å². The Labute approximate surface area is 80.1 Å². The maximum Gasteiger partial charge on any atom is 0.117 e. The second-order valence-electron chi connectivity index (χ2n) is 3.28. The maximum absolute atomic E-state index is 3.71. The molecule has 0 atom stereocenters. The van der Waals surface area contributed by atoms with Crippen molar-refractivity contribution in [3.05, 3.63) is 12.4 Å². The lowest BCUT2D eigenvalue weighted by Crippen LogP contribution is -2.20. The van der Waals surface area contributed by atoms with Crippen molar-refractivity contribution < 1.29 is 0 Å². The van der Waals surface area contributed by atoms with Crippen LogP contribution in [0.2, 0.25) is 0 Å². The second-order valence-corrected chi connectivity index (χ2v) is 3.28. The number of rotatable bonds is 4. The SMILES string of the molecule is C=NC(=C)NCC1CCC#CCC1. The molecule has 1 rings (SSSR count). The highest BCUT2D eigenvalue weighted by molar-refractivity contribution is 5.27. The summed E-state index contributed by atoms with van der Waals surface area (Å²) in [6.45, 7) is 8.06. The number of hydrogen-bond acceptors (Lipinski definition) is 2. The molecule has 70 valence electrons. The van der Waals surface area contributed by atoms with E-state index in [1.165, 1.54) is 12.8 Å². The molecule has 0 spiro atoms. The third-order valence-electron chi connectivity index (χ3n) is 2.27. The first-order valence-corrected chi connectivity index (χ1v) is 4.68. The van der Waals surface area contributed by atoms with Crippen LogP contribution >= 0.6 is 0 Å². The van der Waals surface area contributed by atoms with Gasteiger partial charge < -0.3 is 5.32 Å². The van der Waals surface area contributed by atoms with Gasteiger partial charge in [0.25, 0.3) is 0 Å². The van der Waals surface area contributed by atoms with Crippen LogP contribution in [0.25, 0.3) is 0 Å². The lowest BCUT2D eigenvalue weighted by atomic mass is 10.00. The molecule has 13 heavy (non-hydrogen) atoms. The van der Waals surface area contributed by atoms with Crippen molar-refractivity contribution in [1.82, 2.24) is 5.32 Å². The van der Waals surface area contributed by atoms with Gasteiger partial charge >= 0.3 is 0 Å². The molecule has 0 aliphatic heterocycles. The van der Waals surface area contributed by atoms with Gasteiger partial charge in [-0.1, -0.05) is 6.58 Å². The maximum atomic E-state index is 3.71. The van der Waals surface area contributed by atoms with Crippen LogP contribution in [0.15, 0.2) is 17.4 Å². The topological polar surface area (TPSA) is 24.4 Å². The van der Waals surface area contributed by atoms with Crippen molar-refractivity contribution in [1.29, 1.82) is 0 Å². The molecule has 2 nitrogen and oxygen atoms in total. The van der Waals surface area contributed by atoms with Crippen LogP contribution < -0.4 is 5.32 Å². The first-order chi connectivity index (χ1) is 6.33. The third kappa shape index (κ3) is 3.80. The summed E-state index contributed by atoms with van der Waals surface area (Å²) in [7, 11) is 0. The molecule has 0 aromatic heterocycles. The lowest BCUT2D eigenvalue weighted by Gasteiger charge is -2.14. The molecule has 0 aromatic carbocycles. The van der Waals surface area contributed by atoms with Crippen molar-refractivity contribution in [3.63, 3.8) is 0 Å². The summed E-state index contributed by atoms with van der Waals surface area (Å²) in [5.41, 5.74) is 0. The van der Waals surface area contributed by atoms with Crippen LogP contribution in [-0.2, 0) is 0 Å². The fraction of sp³-hybridized carbons (Fsp3) is 0.545. The van der Waals surface area contributed by atoms with Gasteiger partial charge in [0.05, 0.1) is 0 Å². The Hall–Kier alpha value is -1.23. The van der Waals surface area contributed by atoms with Crippen LogP contribution in [0.3, 0.4) is 0 Å². The second kappa shape index (κ2) is 5.42. The van der Waals surface area contributed by atoms with Gasteiger partial charge in [-0.3, -0.25) is 0 Å². The summed E-state index contributed by atoms with van der Waals surface area (Å²) in [6, 6.07) is 0. The predicted octanol–water partition coefficient (Wildman–Crippen LogP) is 1.94. The fourth-order valence-corrected chi connectivity index (χ4v) is 1.40. The largest absolute Gasteiger partial charge is 0.370 e. The Balaban J connectivity index is 2.21. The van der Waals surface area contributed by atoms with E-state index in [1.807, 2.05) is 0 Å². The first kappa shape index (κ1) is 9.85. The molecule has 1 aliphatic carbocycles. The van der Waals surface area contributed by atoms with Crippen molar-refractivity contribution in [2.75, 3.05) is 6.54 Å². The minimum Gasteiger partial charge on any atom is -0.370 e. The van der Waals surface area contributed by atoms with Gasteiger partial charge in [0.1, 0.15) is 5.82 Å². The Morgan fingerprint density at radius 2 is 2.00 bits per heavy atom. The fourth-order valence-electron chi connectivity index (χ4n) is 1.40. The van der Waals surface area contributed by atoms with Gasteiger partial charge in [-0.25, -0.2) is 4.99 Å². The zero-order valence-electron chi connectivity index (χ0n) is 7.97. The monoisotopic (exact) mass is 176 g/mol. The smallest absolute Gasteiger partial charge is 0.117 e. The summed E-state index contributed by atoms with van der Waals surface area (Å²) < 4.78 is 0. The summed E-state index contributed by atoms with van der Waals surface area (Å²) in [6.07, 6.45) is 4.43. The first-order valence-electron chi connectivity index (χ1n) is 4.68. The summed E-state index contributed by atoms with van der Waals surface area (Å²) in [4.78, 5) is 3.71. The zero-order valence-corrected chi connectivity index (χ0v) is 7.97.